The van der Waals surface area contributed by atoms with Gasteiger partial charge in [-0.2, -0.15) is 0 Å². The van der Waals surface area contributed by atoms with Crippen LogP contribution in [0.5, 0.6) is 5.75 Å². The highest BCUT2D eigenvalue weighted by Crippen LogP contribution is 2.35. The molecule has 0 N–H and O–H groups in total. The van der Waals surface area contributed by atoms with Gasteiger partial charge in [0.05, 0.1) is 23.4 Å². The van der Waals surface area contributed by atoms with E-state index >= 15 is 0 Å². The minimum absolute atomic E-state index is 0.0926. The van der Waals surface area contributed by atoms with E-state index in [1.165, 1.54) is 34.9 Å². The predicted molar refractivity (Wildman–Crippen MR) is 118 cm³/mol. The molecular formula is C19H19N3O3S3. The van der Waals surface area contributed by atoms with Gasteiger partial charge in [0.1, 0.15) is 10.1 Å². The SMILES string of the molecule is CCCN1C(=O)C(=Cc2csc(N(C(C)=O)c3ccc(OC)cc3)n2)SC1=S. The maximum atomic E-state index is 12.5. The summed E-state index contributed by atoms with van der Waals surface area (Å²) in [6.07, 6.45) is 2.57. The number of ether oxygens (including phenoxy) is 1. The largest absolute Gasteiger partial charge is 0.497 e. The summed E-state index contributed by atoms with van der Waals surface area (Å²) in [5, 5.41) is 2.36. The van der Waals surface area contributed by atoms with Crippen LogP contribution in [0.2, 0.25) is 0 Å². The third kappa shape index (κ3) is 4.26. The molecule has 28 heavy (non-hydrogen) atoms. The summed E-state index contributed by atoms with van der Waals surface area (Å²) in [6.45, 7) is 4.10. The minimum atomic E-state index is -0.152. The van der Waals surface area contributed by atoms with E-state index in [1.807, 2.05) is 12.3 Å². The van der Waals surface area contributed by atoms with Gasteiger partial charge < -0.3 is 4.74 Å². The number of thiocarbonyl (C=S) groups is 1. The Morgan fingerprint density at radius 3 is 2.68 bits per heavy atom. The molecule has 0 saturated carbocycles. The first-order chi connectivity index (χ1) is 13.4. The van der Waals surface area contributed by atoms with Crippen molar-refractivity contribution in [2.75, 3.05) is 18.6 Å². The molecule has 146 valence electrons. The smallest absolute Gasteiger partial charge is 0.266 e. The van der Waals surface area contributed by atoms with Crippen molar-refractivity contribution in [3.8, 4) is 5.75 Å². The normalized spacial score (nSPS) is 15.4. The molecule has 1 fully saturated rings. The number of nitrogens with zero attached hydrogens (tertiary/aromatic N) is 3. The van der Waals surface area contributed by atoms with E-state index < -0.39 is 0 Å². The Balaban J connectivity index is 1.86. The molecular weight excluding hydrogens is 414 g/mol. The number of thiazole rings is 1. The first kappa shape index (κ1) is 20.5. The maximum absolute atomic E-state index is 12.5. The van der Waals surface area contributed by atoms with Crippen LogP contribution < -0.4 is 9.64 Å². The van der Waals surface area contributed by atoms with E-state index in [9.17, 15) is 9.59 Å². The number of aromatic nitrogens is 1. The third-order valence-corrected chi connectivity index (χ3v) is 6.17. The molecule has 0 radical (unpaired) electrons. The van der Waals surface area contributed by atoms with E-state index in [-0.39, 0.29) is 11.8 Å². The minimum Gasteiger partial charge on any atom is -0.497 e. The van der Waals surface area contributed by atoms with E-state index in [4.69, 9.17) is 17.0 Å². The molecule has 2 heterocycles. The van der Waals surface area contributed by atoms with Gasteiger partial charge in [-0.3, -0.25) is 19.4 Å². The van der Waals surface area contributed by atoms with E-state index in [2.05, 4.69) is 4.98 Å². The second-order valence-electron chi connectivity index (χ2n) is 5.94. The van der Waals surface area contributed by atoms with Crippen molar-refractivity contribution in [2.45, 2.75) is 20.3 Å². The van der Waals surface area contributed by atoms with Crippen molar-refractivity contribution >= 4 is 68.3 Å². The average Bonchev–Trinajstić information content (AvgIpc) is 3.22. The lowest BCUT2D eigenvalue weighted by Crippen LogP contribution is -2.28. The number of amides is 2. The van der Waals surface area contributed by atoms with Gasteiger partial charge >= 0.3 is 0 Å². The summed E-state index contributed by atoms with van der Waals surface area (Å²) in [6, 6.07) is 7.19. The fraction of sp³-hybridized carbons (Fsp3) is 0.263. The van der Waals surface area contributed by atoms with Crippen molar-refractivity contribution in [1.29, 1.82) is 0 Å². The summed E-state index contributed by atoms with van der Waals surface area (Å²) in [5.41, 5.74) is 1.32. The zero-order chi connectivity index (χ0) is 20.3. The van der Waals surface area contributed by atoms with Gasteiger partial charge in [-0.1, -0.05) is 30.9 Å². The van der Waals surface area contributed by atoms with Crippen LogP contribution in [-0.4, -0.2) is 39.7 Å². The van der Waals surface area contributed by atoms with Crippen molar-refractivity contribution in [1.82, 2.24) is 9.88 Å². The first-order valence-corrected chi connectivity index (χ1v) is 10.7. The molecule has 0 bridgehead atoms. The Bertz CT molecular complexity index is 937. The number of benzene rings is 1. The lowest BCUT2D eigenvalue weighted by atomic mass is 10.3. The van der Waals surface area contributed by atoms with E-state index in [0.29, 0.717) is 38.0 Å². The molecule has 0 atom stereocenters. The van der Waals surface area contributed by atoms with Crippen LogP contribution in [0.25, 0.3) is 6.08 Å². The molecule has 2 amide bonds. The molecule has 9 heteroatoms. The van der Waals surface area contributed by atoms with Crippen LogP contribution in [0.4, 0.5) is 10.8 Å². The van der Waals surface area contributed by atoms with Crippen LogP contribution in [0.3, 0.4) is 0 Å². The lowest BCUT2D eigenvalue weighted by Gasteiger charge is -2.18. The van der Waals surface area contributed by atoms with Gasteiger partial charge in [-0.25, -0.2) is 4.98 Å². The fourth-order valence-corrected chi connectivity index (χ4v) is 4.79. The molecule has 0 aliphatic carbocycles. The first-order valence-electron chi connectivity index (χ1n) is 8.60. The monoisotopic (exact) mass is 433 g/mol. The third-order valence-electron chi connectivity index (χ3n) is 3.95. The van der Waals surface area contributed by atoms with Crippen LogP contribution in [0.15, 0.2) is 34.6 Å². The van der Waals surface area contributed by atoms with Crippen molar-refractivity contribution < 1.29 is 14.3 Å². The highest BCUT2D eigenvalue weighted by molar-refractivity contribution is 8.26. The molecule has 0 spiro atoms. The quantitative estimate of drug-likeness (QED) is 0.496. The maximum Gasteiger partial charge on any atom is 0.266 e. The number of methoxy groups -OCH3 is 1. The highest BCUT2D eigenvalue weighted by atomic mass is 32.2. The summed E-state index contributed by atoms with van der Waals surface area (Å²) < 4.78 is 5.73. The molecule has 1 aliphatic rings. The van der Waals surface area contributed by atoms with Gasteiger partial charge in [0.15, 0.2) is 5.13 Å². The topological polar surface area (TPSA) is 62.7 Å². The number of carbonyl (C=O) groups excluding carboxylic acids is 2. The summed E-state index contributed by atoms with van der Waals surface area (Å²) in [4.78, 5) is 32.9. The Labute approximate surface area is 177 Å². The second-order valence-corrected chi connectivity index (χ2v) is 8.45. The molecule has 1 aromatic heterocycles. The Hall–Kier alpha value is -2.23. The molecule has 0 unspecified atom stereocenters. The summed E-state index contributed by atoms with van der Waals surface area (Å²) in [5.74, 6) is 0.464. The fourth-order valence-electron chi connectivity index (χ4n) is 2.65. The summed E-state index contributed by atoms with van der Waals surface area (Å²) >= 11 is 7.91. The summed E-state index contributed by atoms with van der Waals surface area (Å²) in [7, 11) is 1.59. The highest BCUT2D eigenvalue weighted by Gasteiger charge is 2.31. The lowest BCUT2D eigenvalue weighted by molar-refractivity contribution is -0.122. The van der Waals surface area contributed by atoms with E-state index in [1.54, 1.807) is 42.4 Å². The number of carbonyl (C=O) groups is 2. The Morgan fingerprint density at radius 1 is 1.36 bits per heavy atom. The number of hydrogen-bond acceptors (Lipinski definition) is 7. The number of anilines is 2. The Morgan fingerprint density at radius 2 is 2.07 bits per heavy atom. The van der Waals surface area contributed by atoms with Gasteiger partial charge in [-0.05, 0) is 36.8 Å². The molecule has 6 nitrogen and oxygen atoms in total. The van der Waals surface area contributed by atoms with Gasteiger partial charge in [0.25, 0.3) is 5.91 Å². The average molecular weight is 434 g/mol. The number of rotatable bonds is 6. The van der Waals surface area contributed by atoms with Crippen molar-refractivity contribution in [2.24, 2.45) is 0 Å². The van der Waals surface area contributed by atoms with Gasteiger partial charge in [0.2, 0.25) is 5.91 Å². The molecule has 1 aromatic carbocycles. The van der Waals surface area contributed by atoms with Crippen LogP contribution in [-0.2, 0) is 9.59 Å². The predicted octanol–water partition coefficient (Wildman–Crippen LogP) is 4.45. The standard InChI is InChI=1S/C19H19N3O3S3/c1-4-9-21-17(24)16(28-19(21)26)10-13-11-27-18(20-13)22(12(2)23)14-5-7-15(25-3)8-6-14/h5-8,10-11H,4,9H2,1-3H3. The molecule has 1 saturated heterocycles. The number of hydrogen-bond donors (Lipinski definition) is 0. The number of thioether (sulfide) groups is 1. The molecule has 2 aromatic rings. The van der Waals surface area contributed by atoms with Crippen LogP contribution >= 0.6 is 35.3 Å². The zero-order valence-corrected chi connectivity index (χ0v) is 18.1. The molecule has 1 aliphatic heterocycles. The second kappa shape index (κ2) is 8.85. The van der Waals surface area contributed by atoms with Crippen molar-refractivity contribution in [3.63, 3.8) is 0 Å². The van der Waals surface area contributed by atoms with Crippen LogP contribution in [0, 0.1) is 0 Å². The Kier molecular flexibility index (Phi) is 6.48. The van der Waals surface area contributed by atoms with Gasteiger partial charge in [-0.15, -0.1) is 11.3 Å². The zero-order valence-electron chi connectivity index (χ0n) is 15.7. The van der Waals surface area contributed by atoms with Crippen molar-refractivity contribution in [3.05, 3.63) is 40.2 Å². The van der Waals surface area contributed by atoms with Crippen LogP contribution in [0.1, 0.15) is 26.0 Å². The molecule has 3 rings (SSSR count). The van der Waals surface area contributed by atoms with E-state index in [0.717, 1.165) is 6.42 Å². The van der Waals surface area contributed by atoms with Gasteiger partial charge in [0, 0.05) is 18.8 Å².